The molecular formula is C22H17Cl2N3OS. The van der Waals surface area contributed by atoms with Crippen molar-refractivity contribution in [2.75, 3.05) is 5.73 Å². The highest BCUT2D eigenvalue weighted by molar-refractivity contribution is 7.22. The van der Waals surface area contributed by atoms with Gasteiger partial charge in [-0.1, -0.05) is 70.9 Å². The fourth-order valence-corrected chi connectivity index (χ4v) is 4.21. The molecule has 3 aromatic carbocycles. The Balaban J connectivity index is 1.67. The zero-order valence-corrected chi connectivity index (χ0v) is 17.6. The summed E-state index contributed by atoms with van der Waals surface area (Å²) in [5.74, 6) is -0.0752. The van der Waals surface area contributed by atoms with Crippen molar-refractivity contribution in [3.8, 4) is 0 Å². The van der Waals surface area contributed by atoms with Crippen molar-refractivity contribution in [2.45, 2.75) is 13.1 Å². The van der Waals surface area contributed by atoms with Gasteiger partial charge in [0.25, 0.3) is 5.91 Å². The SMILES string of the molecule is Nc1nc2ccc(C(=O)N(Cc3ccccc3)Cc3ccc(Cl)c(Cl)c3)cc2s1. The van der Waals surface area contributed by atoms with Gasteiger partial charge in [-0.2, -0.15) is 0 Å². The summed E-state index contributed by atoms with van der Waals surface area (Å²) >= 11 is 13.6. The van der Waals surface area contributed by atoms with Gasteiger partial charge in [0.15, 0.2) is 5.13 Å². The van der Waals surface area contributed by atoms with Gasteiger partial charge in [0.05, 0.1) is 20.3 Å². The second-order valence-corrected chi connectivity index (χ2v) is 8.51. The maximum atomic E-state index is 13.4. The summed E-state index contributed by atoms with van der Waals surface area (Å²) in [6, 6.07) is 20.8. The van der Waals surface area contributed by atoms with Crippen molar-refractivity contribution in [2.24, 2.45) is 0 Å². The standard InChI is InChI=1S/C22H17Cl2N3OS/c23-17-8-6-15(10-18(17)24)13-27(12-14-4-2-1-3-5-14)21(28)16-7-9-19-20(11-16)29-22(25)26-19/h1-11H,12-13H2,(H2,25,26). The molecule has 0 unspecified atom stereocenters. The topological polar surface area (TPSA) is 59.2 Å². The van der Waals surface area contributed by atoms with Gasteiger partial charge in [0, 0.05) is 18.7 Å². The molecular weight excluding hydrogens is 425 g/mol. The zero-order chi connectivity index (χ0) is 20.4. The third-order valence-electron chi connectivity index (χ3n) is 4.51. The monoisotopic (exact) mass is 441 g/mol. The van der Waals surface area contributed by atoms with Gasteiger partial charge >= 0.3 is 0 Å². The number of thiazole rings is 1. The molecule has 0 saturated carbocycles. The highest BCUT2D eigenvalue weighted by atomic mass is 35.5. The highest BCUT2D eigenvalue weighted by Gasteiger charge is 2.18. The third-order valence-corrected chi connectivity index (χ3v) is 6.10. The van der Waals surface area contributed by atoms with Crippen molar-refractivity contribution >= 4 is 55.8 Å². The molecule has 0 aliphatic heterocycles. The fraction of sp³-hybridized carbons (Fsp3) is 0.0909. The molecule has 0 atom stereocenters. The molecule has 0 radical (unpaired) electrons. The molecule has 146 valence electrons. The summed E-state index contributed by atoms with van der Waals surface area (Å²) in [5, 5.41) is 1.45. The van der Waals surface area contributed by atoms with Gasteiger partial charge in [0.1, 0.15) is 0 Å². The minimum Gasteiger partial charge on any atom is -0.375 e. The van der Waals surface area contributed by atoms with Crippen LogP contribution in [0, 0.1) is 0 Å². The molecule has 2 N–H and O–H groups in total. The predicted molar refractivity (Wildman–Crippen MR) is 121 cm³/mol. The van der Waals surface area contributed by atoms with Crippen LogP contribution in [0.3, 0.4) is 0 Å². The molecule has 4 nitrogen and oxygen atoms in total. The van der Waals surface area contributed by atoms with E-state index < -0.39 is 0 Å². The summed E-state index contributed by atoms with van der Waals surface area (Å²) in [7, 11) is 0. The van der Waals surface area contributed by atoms with E-state index in [2.05, 4.69) is 4.98 Å². The van der Waals surface area contributed by atoms with Crippen molar-refractivity contribution in [3.63, 3.8) is 0 Å². The predicted octanol–water partition coefficient (Wildman–Crippen LogP) is 6.03. The summed E-state index contributed by atoms with van der Waals surface area (Å²) in [6.07, 6.45) is 0. The highest BCUT2D eigenvalue weighted by Crippen LogP contribution is 2.27. The number of rotatable bonds is 5. The zero-order valence-electron chi connectivity index (χ0n) is 15.3. The molecule has 1 heterocycles. The van der Waals surface area contributed by atoms with Crippen LogP contribution in [0.5, 0.6) is 0 Å². The average Bonchev–Trinajstić information content (AvgIpc) is 3.09. The molecule has 4 aromatic rings. The molecule has 1 aromatic heterocycles. The van der Waals surface area contributed by atoms with Crippen LogP contribution in [0.4, 0.5) is 5.13 Å². The number of anilines is 1. The van der Waals surface area contributed by atoms with Crippen molar-refractivity contribution in [1.82, 2.24) is 9.88 Å². The first-order valence-corrected chi connectivity index (χ1v) is 10.5. The van der Waals surface area contributed by atoms with Gasteiger partial charge in [0.2, 0.25) is 0 Å². The van der Waals surface area contributed by atoms with Crippen LogP contribution < -0.4 is 5.73 Å². The fourth-order valence-electron chi connectivity index (χ4n) is 3.12. The molecule has 4 rings (SSSR count). The number of carbonyl (C=O) groups excluding carboxylic acids is 1. The molecule has 0 bridgehead atoms. The number of fused-ring (bicyclic) bond motifs is 1. The summed E-state index contributed by atoms with van der Waals surface area (Å²) < 4.78 is 0.891. The van der Waals surface area contributed by atoms with Crippen LogP contribution in [0.25, 0.3) is 10.2 Å². The first kappa shape index (κ1) is 19.7. The lowest BCUT2D eigenvalue weighted by Crippen LogP contribution is -2.30. The quantitative estimate of drug-likeness (QED) is 0.411. The van der Waals surface area contributed by atoms with E-state index >= 15 is 0 Å². The Hall–Kier alpha value is -2.60. The molecule has 7 heteroatoms. The lowest BCUT2D eigenvalue weighted by molar-refractivity contribution is 0.0730. The number of nitrogens with two attached hydrogens (primary N) is 1. The van der Waals surface area contributed by atoms with E-state index in [4.69, 9.17) is 28.9 Å². The summed E-state index contributed by atoms with van der Waals surface area (Å²) in [5.41, 5.74) is 9.14. The maximum absolute atomic E-state index is 13.4. The Morgan fingerprint density at radius 2 is 1.69 bits per heavy atom. The van der Waals surface area contributed by atoms with Gasteiger partial charge < -0.3 is 10.6 Å². The van der Waals surface area contributed by atoms with E-state index in [0.717, 1.165) is 21.3 Å². The minimum atomic E-state index is -0.0752. The Morgan fingerprint density at radius 3 is 2.45 bits per heavy atom. The van der Waals surface area contributed by atoms with Crippen LogP contribution in [0.2, 0.25) is 10.0 Å². The van der Waals surface area contributed by atoms with E-state index in [1.807, 2.05) is 48.5 Å². The van der Waals surface area contributed by atoms with Crippen molar-refractivity contribution in [3.05, 3.63) is 93.5 Å². The molecule has 29 heavy (non-hydrogen) atoms. The molecule has 0 aliphatic rings. The number of hydrogen-bond donors (Lipinski definition) is 1. The lowest BCUT2D eigenvalue weighted by atomic mass is 10.1. The van der Waals surface area contributed by atoms with Crippen LogP contribution in [-0.2, 0) is 13.1 Å². The molecule has 0 saturated heterocycles. The molecule has 0 aliphatic carbocycles. The first-order valence-electron chi connectivity index (χ1n) is 8.93. The largest absolute Gasteiger partial charge is 0.375 e. The lowest BCUT2D eigenvalue weighted by Gasteiger charge is -2.23. The van der Waals surface area contributed by atoms with Crippen LogP contribution >= 0.6 is 34.5 Å². The number of nitrogen functional groups attached to an aromatic ring is 1. The Labute approximate surface area is 182 Å². The second-order valence-electron chi connectivity index (χ2n) is 6.63. The summed E-state index contributed by atoms with van der Waals surface area (Å²) in [4.78, 5) is 19.4. The number of amides is 1. The van der Waals surface area contributed by atoms with Crippen LogP contribution in [0.15, 0.2) is 66.7 Å². The maximum Gasteiger partial charge on any atom is 0.254 e. The second kappa shape index (κ2) is 8.41. The van der Waals surface area contributed by atoms with Crippen molar-refractivity contribution < 1.29 is 4.79 Å². The van der Waals surface area contributed by atoms with Crippen LogP contribution in [0.1, 0.15) is 21.5 Å². The number of nitrogens with zero attached hydrogens (tertiary/aromatic N) is 2. The van der Waals surface area contributed by atoms with Crippen LogP contribution in [-0.4, -0.2) is 15.8 Å². The Morgan fingerprint density at radius 1 is 0.931 bits per heavy atom. The minimum absolute atomic E-state index is 0.0752. The van der Waals surface area contributed by atoms with Gasteiger partial charge in [-0.25, -0.2) is 4.98 Å². The van der Waals surface area contributed by atoms with E-state index in [-0.39, 0.29) is 5.91 Å². The first-order chi connectivity index (χ1) is 14.0. The number of carbonyl (C=O) groups is 1. The van der Waals surface area contributed by atoms with E-state index in [9.17, 15) is 4.79 Å². The smallest absolute Gasteiger partial charge is 0.254 e. The van der Waals surface area contributed by atoms with E-state index in [1.165, 1.54) is 11.3 Å². The Kier molecular flexibility index (Phi) is 5.72. The van der Waals surface area contributed by atoms with E-state index in [0.29, 0.717) is 33.8 Å². The molecule has 0 fully saturated rings. The van der Waals surface area contributed by atoms with Gasteiger partial charge in [-0.05, 0) is 41.5 Å². The van der Waals surface area contributed by atoms with Gasteiger partial charge in [-0.3, -0.25) is 4.79 Å². The summed E-state index contributed by atoms with van der Waals surface area (Å²) in [6.45, 7) is 0.885. The average molecular weight is 442 g/mol. The number of benzene rings is 3. The number of hydrogen-bond acceptors (Lipinski definition) is 4. The van der Waals surface area contributed by atoms with E-state index in [1.54, 1.807) is 23.1 Å². The third kappa shape index (κ3) is 4.53. The molecule has 0 spiro atoms. The normalized spacial score (nSPS) is 11.0. The number of aromatic nitrogens is 1. The molecule has 1 amide bonds. The Bertz CT molecular complexity index is 1180. The number of halogens is 2. The van der Waals surface area contributed by atoms with Crippen molar-refractivity contribution in [1.29, 1.82) is 0 Å². The van der Waals surface area contributed by atoms with Gasteiger partial charge in [-0.15, -0.1) is 0 Å².